The number of nitrogens with zero attached hydrogens (tertiary/aromatic N) is 2. The fraction of sp³-hybridized carbons (Fsp3) is 0.353. The first-order chi connectivity index (χ1) is 12.6. The Labute approximate surface area is 149 Å². The summed E-state index contributed by atoms with van der Waals surface area (Å²) in [4.78, 5) is 24.9. The van der Waals surface area contributed by atoms with Crippen molar-refractivity contribution in [2.75, 3.05) is 25.5 Å². The molecule has 26 heavy (non-hydrogen) atoms. The smallest absolute Gasteiger partial charge is 0.285 e. The van der Waals surface area contributed by atoms with E-state index in [0.29, 0.717) is 0 Å². The number of halogens is 1. The summed E-state index contributed by atoms with van der Waals surface area (Å²) in [7, 11) is 1.35. The van der Waals surface area contributed by atoms with Gasteiger partial charge in [0.1, 0.15) is 22.8 Å². The van der Waals surface area contributed by atoms with Crippen molar-refractivity contribution in [1.82, 2.24) is 20.6 Å². The summed E-state index contributed by atoms with van der Waals surface area (Å²) < 4.78 is 19.1. The van der Waals surface area contributed by atoms with Crippen LogP contribution in [0.15, 0.2) is 24.4 Å². The Kier molecular flexibility index (Phi) is 5.47. The van der Waals surface area contributed by atoms with Gasteiger partial charge in [-0.05, 0) is 25.0 Å². The van der Waals surface area contributed by atoms with Gasteiger partial charge in [0.05, 0.1) is 19.0 Å². The molecule has 0 radical (unpaired) electrons. The summed E-state index contributed by atoms with van der Waals surface area (Å²) in [5.41, 5.74) is 2.80. The van der Waals surface area contributed by atoms with E-state index < -0.39 is 17.6 Å². The minimum atomic E-state index is -0.728. The molecular weight excluding hydrogens is 341 g/mol. The van der Waals surface area contributed by atoms with Gasteiger partial charge in [-0.2, -0.15) is 5.10 Å². The Morgan fingerprint density at radius 1 is 1.23 bits per heavy atom. The summed E-state index contributed by atoms with van der Waals surface area (Å²) >= 11 is 0. The van der Waals surface area contributed by atoms with E-state index in [4.69, 9.17) is 4.74 Å². The summed E-state index contributed by atoms with van der Waals surface area (Å²) in [6.45, 7) is 1.54. The average Bonchev–Trinajstić information content (AvgIpc) is 3.10. The number of hydrogen-bond donors (Lipinski definition) is 3. The highest BCUT2D eigenvalue weighted by atomic mass is 19.1. The zero-order chi connectivity index (χ0) is 18.5. The second kappa shape index (κ2) is 7.96. The maximum absolute atomic E-state index is 14.0. The van der Waals surface area contributed by atoms with Crippen LogP contribution in [0.2, 0.25) is 0 Å². The van der Waals surface area contributed by atoms with Gasteiger partial charge in [-0.15, -0.1) is 0 Å². The first-order valence-electron chi connectivity index (χ1n) is 8.33. The van der Waals surface area contributed by atoms with Gasteiger partial charge in [0.25, 0.3) is 11.8 Å². The van der Waals surface area contributed by atoms with E-state index in [1.807, 2.05) is 5.01 Å². The molecule has 1 saturated heterocycles. The third-order valence-electron chi connectivity index (χ3n) is 4.15. The third-order valence-corrected chi connectivity index (χ3v) is 4.15. The summed E-state index contributed by atoms with van der Waals surface area (Å²) in [6, 6.07) is 4.09. The number of carbonyl (C=O) groups excluding carboxylic acids is 2. The van der Waals surface area contributed by atoms with Gasteiger partial charge in [0.15, 0.2) is 0 Å². The van der Waals surface area contributed by atoms with Crippen molar-refractivity contribution in [2.45, 2.75) is 19.3 Å². The highest BCUT2D eigenvalue weighted by molar-refractivity contribution is 6.09. The van der Waals surface area contributed by atoms with Crippen molar-refractivity contribution < 1.29 is 18.7 Å². The molecule has 0 aliphatic carbocycles. The molecule has 1 aliphatic heterocycles. The van der Waals surface area contributed by atoms with Crippen LogP contribution in [0.5, 0.6) is 5.75 Å². The van der Waals surface area contributed by atoms with Crippen molar-refractivity contribution >= 4 is 17.5 Å². The number of anilines is 1. The van der Waals surface area contributed by atoms with E-state index >= 15 is 0 Å². The van der Waals surface area contributed by atoms with Crippen molar-refractivity contribution in [1.29, 1.82) is 0 Å². The number of amides is 2. The first kappa shape index (κ1) is 17.9. The van der Waals surface area contributed by atoms with Gasteiger partial charge in [0, 0.05) is 13.1 Å². The molecule has 0 saturated carbocycles. The van der Waals surface area contributed by atoms with Crippen molar-refractivity contribution in [3.8, 4) is 5.75 Å². The Hall–Kier alpha value is -2.94. The Bertz CT molecular complexity index is 801. The molecule has 1 fully saturated rings. The maximum atomic E-state index is 14.0. The topological polar surface area (TPSA) is 99.3 Å². The van der Waals surface area contributed by atoms with Crippen molar-refractivity contribution in [3.05, 3.63) is 41.5 Å². The molecule has 3 rings (SSSR count). The number of aromatic amines is 1. The molecule has 2 heterocycles. The zero-order valence-electron chi connectivity index (χ0n) is 14.3. The number of methoxy groups -OCH3 is 1. The standard InChI is InChI=1S/C17H20FN5O3/c1-26-13-7-5-6-11(18)14(13)16(24)20-12-10-19-21-15(12)17(25)22-23-8-3-2-4-9-23/h5-7,10H,2-4,8-9H2,1H3,(H,19,21)(H,20,24)(H,22,25). The number of hydrazine groups is 1. The lowest BCUT2D eigenvalue weighted by atomic mass is 10.1. The number of rotatable bonds is 5. The molecule has 138 valence electrons. The SMILES string of the molecule is COc1cccc(F)c1C(=O)Nc1cn[nH]c1C(=O)NN1CCCCC1. The lowest BCUT2D eigenvalue weighted by Gasteiger charge is -2.26. The predicted molar refractivity (Wildman–Crippen MR) is 92.4 cm³/mol. The van der Waals surface area contributed by atoms with Crippen LogP contribution in [0.4, 0.5) is 10.1 Å². The molecular formula is C17H20FN5O3. The van der Waals surface area contributed by atoms with Crippen LogP contribution in [0.25, 0.3) is 0 Å². The number of nitrogens with one attached hydrogen (secondary N) is 3. The van der Waals surface area contributed by atoms with Crippen molar-refractivity contribution in [2.24, 2.45) is 0 Å². The largest absolute Gasteiger partial charge is 0.496 e. The van der Waals surface area contributed by atoms with Gasteiger partial charge in [-0.25, -0.2) is 9.40 Å². The molecule has 0 atom stereocenters. The van der Waals surface area contributed by atoms with E-state index in [0.717, 1.165) is 38.4 Å². The van der Waals surface area contributed by atoms with Gasteiger partial charge >= 0.3 is 0 Å². The average molecular weight is 361 g/mol. The summed E-state index contributed by atoms with van der Waals surface area (Å²) in [5, 5.41) is 10.7. The van der Waals surface area contributed by atoms with Gasteiger partial charge < -0.3 is 10.1 Å². The molecule has 0 unspecified atom stereocenters. The summed E-state index contributed by atoms with van der Waals surface area (Å²) in [6.07, 6.45) is 4.47. The summed E-state index contributed by atoms with van der Waals surface area (Å²) in [5.74, 6) is -1.76. The first-order valence-corrected chi connectivity index (χ1v) is 8.33. The van der Waals surface area contributed by atoms with Crippen LogP contribution in [-0.2, 0) is 0 Å². The third kappa shape index (κ3) is 3.83. The van der Waals surface area contributed by atoms with Crippen LogP contribution in [0.1, 0.15) is 40.1 Å². The highest BCUT2D eigenvalue weighted by Crippen LogP contribution is 2.23. The monoisotopic (exact) mass is 361 g/mol. The molecule has 3 N–H and O–H groups in total. The van der Waals surface area contributed by atoms with Crippen LogP contribution >= 0.6 is 0 Å². The van der Waals surface area contributed by atoms with Crippen LogP contribution in [-0.4, -0.2) is 47.2 Å². The molecule has 2 aromatic rings. The molecule has 1 aliphatic rings. The number of H-pyrrole nitrogens is 1. The Morgan fingerprint density at radius 2 is 2.00 bits per heavy atom. The lowest BCUT2D eigenvalue weighted by molar-refractivity contribution is 0.0745. The second-order valence-electron chi connectivity index (χ2n) is 5.92. The molecule has 1 aromatic heterocycles. The fourth-order valence-corrected chi connectivity index (χ4v) is 2.84. The Balaban J connectivity index is 1.74. The quantitative estimate of drug-likeness (QED) is 0.756. The molecule has 1 aromatic carbocycles. The van der Waals surface area contributed by atoms with Crippen molar-refractivity contribution in [3.63, 3.8) is 0 Å². The van der Waals surface area contributed by atoms with Gasteiger partial charge in [-0.1, -0.05) is 12.5 Å². The normalized spacial score (nSPS) is 14.7. The fourth-order valence-electron chi connectivity index (χ4n) is 2.84. The highest BCUT2D eigenvalue weighted by Gasteiger charge is 2.22. The predicted octanol–water partition coefficient (Wildman–Crippen LogP) is 1.94. The number of benzene rings is 1. The van der Waals surface area contributed by atoms with E-state index in [9.17, 15) is 14.0 Å². The lowest BCUT2D eigenvalue weighted by Crippen LogP contribution is -2.45. The van der Waals surface area contributed by atoms with E-state index in [1.165, 1.54) is 25.4 Å². The van der Waals surface area contributed by atoms with Crippen LogP contribution < -0.4 is 15.5 Å². The molecule has 0 bridgehead atoms. The Morgan fingerprint density at radius 3 is 2.73 bits per heavy atom. The number of carbonyl (C=O) groups is 2. The number of piperidine rings is 1. The minimum Gasteiger partial charge on any atom is -0.496 e. The second-order valence-corrected chi connectivity index (χ2v) is 5.92. The maximum Gasteiger partial charge on any atom is 0.285 e. The van der Waals surface area contributed by atoms with E-state index in [1.54, 1.807) is 0 Å². The number of ether oxygens (including phenoxy) is 1. The number of aromatic nitrogens is 2. The van der Waals surface area contributed by atoms with Crippen LogP contribution in [0, 0.1) is 5.82 Å². The van der Waals surface area contributed by atoms with Crippen LogP contribution in [0.3, 0.4) is 0 Å². The van der Waals surface area contributed by atoms with Gasteiger partial charge in [-0.3, -0.25) is 20.1 Å². The minimum absolute atomic E-state index is 0.0965. The molecule has 2 amide bonds. The van der Waals surface area contributed by atoms with E-state index in [2.05, 4.69) is 20.9 Å². The van der Waals surface area contributed by atoms with Gasteiger partial charge in [0.2, 0.25) is 0 Å². The number of hydrogen-bond acceptors (Lipinski definition) is 5. The zero-order valence-corrected chi connectivity index (χ0v) is 14.3. The molecule has 0 spiro atoms. The van der Waals surface area contributed by atoms with E-state index in [-0.39, 0.29) is 22.7 Å². The molecule has 9 heteroatoms. The molecule has 8 nitrogen and oxygen atoms in total.